The smallest absolute Gasteiger partial charge is 0.408 e. The number of ether oxygens (including phenoxy) is 1. The third-order valence-corrected chi connectivity index (χ3v) is 3.12. The highest BCUT2D eigenvalue weighted by Crippen LogP contribution is 2.20. The fourth-order valence-corrected chi connectivity index (χ4v) is 2.13. The molecule has 2 N–H and O–H groups in total. The molecule has 0 aromatic carbocycles. The molecule has 1 heterocycles. The third-order valence-electron chi connectivity index (χ3n) is 1.98. The fourth-order valence-electron chi connectivity index (χ4n) is 1.21. The van der Waals surface area contributed by atoms with Gasteiger partial charge in [0.15, 0.2) is 0 Å². The standard InChI is InChI=1S/C11H12ClNO4S/c1-2-3-17-11(16)13-8(10(14)15)4-7-5-9(12)18-6-7/h2,5-6,8H,1,3-4H2,(H,13,16)(H,14,15). The molecule has 1 amide bonds. The van der Waals surface area contributed by atoms with E-state index in [9.17, 15) is 9.59 Å². The number of carboxylic acid groups (broad SMARTS) is 1. The first-order valence-electron chi connectivity index (χ1n) is 5.03. The van der Waals surface area contributed by atoms with Crippen LogP contribution in [0.5, 0.6) is 0 Å². The molecule has 0 aliphatic carbocycles. The van der Waals surface area contributed by atoms with E-state index < -0.39 is 18.1 Å². The van der Waals surface area contributed by atoms with Crippen LogP contribution in [0.15, 0.2) is 24.1 Å². The normalized spacial score (nSPS) is 11.6. The second kappa shape index (κ2) is 7.03. The number of halogens is 1. The van der Waals surface area contributed by atoms with Crippen molar-refractivity contribution >= 4 is 35.0 Å². The highest BCUT2D eigenvalue weighted by atomic mass is 35.5. The van der Waals surface area contributed by atoms with E-state index in [0.29, 0.717) is 4.34 Å². The first-order valence-corrected chi connectivity index (χ1v) is 6.28. The molecule has 5 nitrogen and oxygen atoms in total. The van der Waals surface area contributed by atoms with Crippen molar-refractivity contribution < 1.29 is 19.4 Å². The van der Waals surface area contributed by atoms with Gasteiger partial charge >= 0.3 is 12.1 Å². The molecule has 0 aliphatic heterocycles. The number of aliphatic carboxylic acids is 1. The van der Waals surface area contributed by atoms with Gasteiger partial charge in [-0.25, -0.2) is 9.59 Å². The fraction of sp³-hybridized carbons (Fsp3) is 0.273. The molecule has 0 radical (unpaired) electrons. The number of alkyl carbamates (subject to hydrolysis) is 1. The van der Waals surface area contributed by atoms with Crippen LogP contribution >= 0.6 is 22.9 Å². The molecular weight excluding hydrogens is 278 g/mol. The van der Waals surface area contributed by atoms with Crippen LogP contribution in [0.3, 0.4) is 0 Å². The Hall–Kier alpha value is -1.53. The van der Waals surface area contributed by atoms with Crippen molar-refractivity contribution in [1.29, 1.82) is 0 Å². The number of carbonyl (C=O) groups is 2. The summed E-state index contributed by atoms with van der Waals surface area (Å²) < 4.78 is 5.23. The Morgan fingerprint density at radius 1 is 1.67 bits per heavy atom. The van der Waals surface area contributed by atoms with Gasteiger partial charge < -0.3 is 15.2 Å². The molecular formula is C11H12ClNO4S. The minimum absolute atomic E-state index is 0.0302. The van der Waals surface area contributed by atoms with Gasteiger partial charge in [0.25, 0.3) is 0 Å². The van der Waals surface area contributed by atoms with Crippen molar-refractivity contribution in [3.8, 4) is 0 Å². The molecule has 1 unspecified atom stereocenters. The molecule has 0 aliphatic rings. The zero-order valence-corrected chi connectivity index (χ0v) is 11.0. The maximum absolute atomic E-state index is 11.2. The van der Waals surface area contributed by atoms with E-state index in [-0.39, 0.29) is 13.0 Å². The van der Waals surface area contributed by atoms with Gasteiger partial charge in [0, 0.05) is 6.42 Å². The van der Waals surface area contributed by atoms with Gasteiger partial charge in [-0.3, -0.25) is 0 Å². The molecule has 0 saturated carbocycles. The van der Waals surface area contributed by atoms with Gasteiger partial charge in [-0.05, 0) is 17.0 Å². The molecule has 1 rings (SSSR count). The average Bonchev–Trinajstić information content (AvgIpc) is 2.71. The number of amides is 1. The second-order valence-corrected chi connectivity index (χ2v) is 4.93. The van der Waals surface area contributed by atoms with Crippen LogP contribution in [0.2, 0.25) is 4.34 Å². The minimum Gasteiger partial charge on any atom is -0.480 e. The van der Waals surface area contributed by atoms with Crippen LogP contribution in [0.1, 0.15) is 5.56 Å². The molecule has 0 saturated heterocycles. The summed E-state index contributed by atoms with van der Waals surface area (Å²) >= 11 is 7.05. The van der Waals surface area contributed by atoms with Crippen molar-refractivity contribution in [2.75, 3.05) is 6.61 Å². The quantitative estimate of drug-likeness (QED) is 0.788. The van der Waals surface area contributed by atoms with Gasteiger partial charge in [0.2, 0.25) is 0 Å². The summed E-state index contributed by atoms with van der Waals surface area (Å²) in [6.07, 6.45) is 0.763. The lowest BCUT2D eigenvalue weighted by Crippen LogP contribution is -2.42. The molecule has 7 heteroatoms. The van der Waals surface area contributed by atoms with Crippen molar-refractivity contribution in [1.82, 2.24) is 5.32 Å². The van der Waals surface area contributed by atoms with E-state index in [2.05, 4.69) is 16.6 Å². The first kappa shape index (κ1) is 14.5. The van der Waals surface area contributed by atoms with Crippen LogP contribution in [0.4, 0.5) is 4.79 Å². The van der Waals surface area contributed by atoms with Crippen LogP contribution in [0, 0.1) is 0 Å². The number of thiophene rings is 1. The zero-order valence-electron chi connectivity index (χ0n) is 9.39. The number of carbonyl (C=O) groups excluding carboxylic acids is 1. The molecule has 1 atom stereocenters. The summed E-state index contributed by atoms with van der Waals surface area (Å²) in [6.45, 7) is 3.41. The van der Waals surface area contributed by atoms with Crippen molar-refractivity contribution in [3.63, 3.8) is 0 Å². The summed E-state index contributed by atoms with van der Waals surface area (Å²) in [5.41, 5.74) is 0.751. The first-order chi connectivity index (χ1) is 8.52. The second-order valence-electron chi connectivity index (χ2n) is 3.39. The van der Waals surface area contributed by atoms with E-state index in [1.54, 1.807) is 11.4 Å². The molecule has 0 bridgehead atoms. The predicted molar refractivity (Wildman–Crippen MR) is 69.1 cm³/mol. The highest BCUT2D eigenvalue weighted by Gasteiger charge is 2.21. The van der Waals surface area contributed by atoms with E-state index in [0.717, 1.165) is 5.56 Å². The molecule has 1 aromatic rings. The number of nitrogens with one attached hydrogen (secondary N) is 1. The summed E-state index contributed by atoms with van der Waals surface area (Å²) in [7, 11) is 0. The van der Waals surface area contributed by atoms with Crippen LogP contribution in [0.25, 0.3) is 0 Å². The van der Waals surface area contributed by atoms with Gasteiger partial charge in [0.1, 0.15) is 12.6 Å². The molecule has 1 aromatic heterocycles. The van der Waals surface area contributed by atoms with E-state index >= 15 is 0 Å². The Bertz CT molecular complexity index is 446. The van der Waals surface area contributed by atoms with Crippen LogP contribution < -0.4 is 5.32 Å². The average molecular weight is 290 g/mol. The Morgan fingerprint density at radius 2 is 2.39 bits per heavy atom. The van der Waals surface area contributed by atoms with E-state index in [1.807, 2.05) is 0 Å². The number of carboxylic acids is 1. The largest absolute Gasteiger partial charge is 0.480 e. The van der Waals surface area contributed by atoms with Gasteiger partial charge in [-0.1, -0.05) is 24.3 Å². The molecule has 0 spiro atoms. The van der Waals surface area contributed by atoms with Gasteiger partial charge in [-0.15, -0.1) is 11.3 Å². The van der Waals surface area contributed by atoms with E-state index in [4.69, 9.17) is 16.7 Å². The monoisotopic (exact) mass is 289 g/mol. The van der Waals surface area contributed by atoms with Gasteiger partial charge in [0.05, 0.1) is 4.34 Å². The maximum Gasteiger partial charge on any atom is 0.408 e. The Labute approximate surface area is 113 Å². The SMILES string of the molecule is C=CCOC(=O)NC(Cc1csc(Cl)c1)C(=O)O. The third kappa shape index (κ3) is 4.77. The number of hydrogen-bond acceptors (Lipinski definition) is 4. The Morgan fingerprint density at radius 3 is 2.89 bits per heavy atom. The van der Waals surface area contributed by atoms with E-state index in [1.165, 1.54) is 17.4 Å². The summed E-state index contributed by atoms with van der Waals surface area (Å²) in [5.74, 6) is -1.13. The summed E-state index contributed by atoms with van der Waals surface area (Å²) in [4.78, 5) is 22.2. The predicted octanol–water partition coefficient (Wildman–Crippen LogP) is 2.31. The van der Waals surface area contributed by atoms with Crippen molar-refractivity contribution in [2.24, 2.45) is 0 Å². The maximum atomic E-state index is 11.2. The topological polar surface area (TPSA) is 75.6 Å². The molecule has 18 heavy (non-hydrogen) atoms. The lowest BCUT2D eigenvalue weighted by molar-refractivity contribution is -0.139. The zero-order chi connectivity index (χ0) is 13.5. The number of hydrogen-bond donors (Lipinski definition) is 2. The molecule has 98 valence electrons. The lowest BCUT2D eigenvalue weighted by Gasteiger charge is -2.13. The Kier molecular flexibility index (Phi) is 5.67. The number of rotatable bonds is 6. The van der Waals surface area contributed by atoms with Gasteiger partial charge in [-0.2, -0.15) is 0 Å². The van der Waals surface area contributed by atoms with Crippen LogP contribution in [-0.2, 0) is 16.0 Å². The molecule has 0 fully saturated rings. The lowest BCUT2D eigenvalue weighted by atomic mass is 10.1. The van der Waals surface area contributed by atoms with Crippen molar-refractivity contribution in [2.45, 2.75) is 12.5 Å². The summed E-state index contributed by atoms with van der Waals surface area (Å²) in [6, 6.07) is 0.617. The Balaban J connectivity index is 2.57. The summed E-state index contributed by atoms with van der Waals surface area (Å²) in [5, 5.41) is 13.0. The van der Waals surface area contributed by atoms with Crippen LogP contribution in [-0.4, -0.2) is 29.8 Å². The van der Waals surface area contributed by atoms with Crippen molar-refractivity contribution in [3.05, 3.63) is 34.0 Å². The minimum atomic E-state index is -1.13. The highest BCUT2D eigenvalue weighted by molar-refractivity contribution is 7.14.